The third kappa shape index (κ3) is 3.47. The first kappa shape index (κ1) is 20.1. The number of para-hydroxylation sites is 2. The SMILES string of the molecule is CN1c2ccccc2N(CCNC(=O)[C@@H]2CC(=O)N(c3ccc(F)cc3)C2)S1(=O)=O. The van der Waals surface area contributed by atoms with Gasteiger partial charge in [-0.25, -0.2) is 8.70 Å². The Kier molecular flexibility index (Phi) is 5.10. The van der Waals surface area contributed by atoms with E-state index < -0.39 is 21.9 Å². The van der Waals surface area contributed by atoms with Crippen molar-refractivity contribution in [2.45, 2.75) is 6.42 Å². The molecule has 0 saturated carbocycles. The number of hydrogen-bond acceptors (Lipinski definition) is 4. The molecule has 1 N–H and O–H groups in total. The van der Waals surface area contributed by atoms with Crippen LogP contribution in [-0.2, 0) is 19.8 Å². The van der Waals surface area contributed by atoms with Gasteiger partial charge in [-0.1, -0.05) is 12.1 Å². The lowest BCUT2D eigenvalue weighted by atomic mass is 10.1. The van der Waals surface area contributed by atoms with Gasteiger partial charge in [-0.15, -0.1) is 0 Å². The van der Waals surface area contributed by atoms with Gasteiger partial charge in [-0.3, -0.25) is 13.9 Å². The average molecular weight is 432 g/mol. The van der Waals surface area contributed by atoms with Crippen LogP contribution in [0.5, 0.6) is 0 Å². The predicted octanol–water partition coefficient (Wildman–Crippen LogP) is 1.50. The summed E-state index contributed by atoms with van der Waals surface area (Å²) >= 11 is 0. The van der Waals surface area contributed by atoms with Crippen molar-refractivity contribution >= 4 is 39.1 Å². The van der Waals surface area contributed by atoms with Gasteiger partial charge in [0.15, 0.2) is 0 Å². The first-order chi connectivity index (χ1) is 14.3. The molecule has 2 aliphatic rings. The Morgan fingerprint density at radius 3 is 2.50 bits per heavy atom. The number of anilines is 3. The summed E-state index contributed by atoms with van der Waals surface area (Å²) in [6.45, 7) is 0.392. The van der Waals surface area contributed by atoms with E-state index in [9.17, 15) is 22.4 Å². The lowest BCUT2D eigenvalue weighted by Crippen LogP contribution is -2.42. The Balaban J connectivity index is 1.37. The molecule has 2 heterocycles. The Morgan fingerprint density at radius 1 is 1.13 bits per heavy atom. The summed E-state index contributed by atoms with van der Waals surface area (Å²) in [6.07, 6.45) is 0.0524. The molecule has 10 heteroatoms. The van der Waals surface area contributed by atoms with Crippen LogP contribution in [0.15, 0.2) is 48.5 Å². The van der Waals surface area contributed by atoms with Gasteiger partial charge < -0.3 is 10.2 Å². The fourth-order valence-corrected chi connectivity index (χ4v) is 5.18. The summed E-state index contributed by atoms with van der Waals surface area (Å²) in [7, 11) is -2.19. The first-order valence-electron chi connectivity index (χ1n) is 9.48. The maximum atomic E-state index is 13.1. The minimum atomic E-state index is -3.68. The van der Waals surface area contributed by atoms with Crippen molar-refractivity contribution in [3.8, 4) is 0 Å². The highest BCUT2D eigenvalue weighted by Crippen LogP contribution is 2.39. The van der Waals surface area contributed by atoms with Crippen LogP contribution >= 0.6 is 0 Å². The average Bonchev–Trinajstić information content (AvgIpc) is 3.20. The van der Waals surface area contributed by atoms with Crippen molar-refractivity contribution in [3.05, 3.63) is 54.3 Å². The van der Waals surface area contributed by atoms with Crippen molar-refractivity contribution in [1.29, 1.82) is 0 Å². The largest absolute Gasteiger partial charge is 0.354 e. The zero-order valence-electron chi connectivity index (χ0n) is 16.3. The minimum Gasteiger partial charge on any atom is -0.354 e. The number of hydrogen-bond donors (Lipinski definition) is 1. The molecule has 2 aromatic carbocycles. The topological polar surface area (TPSA) is 90.0 Å². The van der Waals surface area contributed by atoms with Crippen molar-refractivity contribution < 1.29 is 22.4 Å². The van der Waals surface area contributed by atoms with E-state index in [0.717, 1.165) is 0 Å². The number of halogens is 1. The van der Waals surface area contributed by atoms with Gasteiger partial charge in [0.1, 0.15) is 5.82 Å². The Morgan fingerprint density at radius 2 is 1.80 bits per heavy atom. The lowest BCUT2D eigenvalue weighted by molar-refractivity contribution is -0.126. The van der Waals surface area contributed by atoms with Crippen LogP contribution in [0.1, 0.15) is 6.42 Å². The molecule has 30 heavy (non-hydrogen) atoms. The van der Waals surface area contributed by atoms with Crippen LogP contribution in [0, 0.1) is 11.7 Å². The smallest absolute Gasteiger partial charge is 0.326 e. The molecule has 4 rings (SSSR count). The van der Waals surface area contributed by atoms with Crippen LogP contribution in [-0.4, -0.2) is 46.9 Å². The second-order valence-corrected chi connectivity index (χ2v) is 9.09. The van der Waals surface area contributed by atoms with E-state index in [1.807, 2.05) is 0 Å². The molecule has 1 saturated heterocycles. The molecule has 0 aromatic heterocycles. The number of amides is 2. The summed E-state index contributed by atoms with van der Waals surface area (Å²) in [4.78, 5) is 26.3. The maximum absolute atomic E-state index is 13.1. The van der Waals surface area contributed by atoms with Gasteiger partial charge in [0.05, 0.1) is 23.8 Å². The van der Waals surface area contributed by atoms with Gasteiger partial charge >= 0.3 is 10.2 Å². The molecule has 0 aliphatic carbocycles. The number of nitrogens with one attached hydrogen (secondary N) is 1. The normalized spacial score (nSPS) is 19.9. The van der Waals surface area contributed by atoms with E-state index in [0.29, 0.717) is 17.1 Å². The van der Waals surface area contributed by atoms with Gasteiger partial charge in [-0.2, -0.15) is 8.42 Å². The molecule has 0 radical (unpaired) electrons. The molecule has 1 fully saturated rings. The highest BCUT2D eigenvalue weighted by atomic mass is 32.2. The van der Waals surface area contributed by atoms with E-state index in [-0.39, 0.29) is 37.9 Å². The van der Waals surface area contributed by atoms with E-state index in [4.69, 9.17) is 0 Å². The molecule has 0 unspecified atom stereocenters. The number of carbonyl (C=O) groups excluding carboxylic acids is 2. The lowest BCUT2D eigenvalue weighted by Gasteiger charge is -2.20. The van der Waals surface area contributed by atoms with Crippen molar-refractivity contribution in [1.82, 2.24) is 5.32 Å². The van der Waals surface area contributed by atoms with Crippen LogP contribution < -0.4 is 18.8 Å². The Labute approximate surface area is 174 Å². The molecular formula is C20H21FN4O4S. The summed E-state index contributed by atoms with van der Waals surface area (Å²) in [5, 5.41) is 2.73. The molecule has 158 valence electrons. The van der Waals surface area contributed by atoms with E-state index in [1.165, 1.54) is 44.8 Å². The third-order valence-electron chi connectivity index (χ3n) is 5.36. The van der Waals surface area contributed by atoms with Crippen molar-refractivity contribution in [2.75, 3.05) is 40.2 Å². The predicted molar refractivity (Wildman–Crippen MR) is 111 cm³/mol. The second kappa shape index (κ2) is 7.60. The molecule has 1 atom stereocenters. The van der Waals surface area contributed by atoms with Crippen LogP contribution in [0.4, 0.5) is 21.5 Å². The standard InChI is InChI=1S/C20H21FN4O4S/c1-23-17-4-2-3-5-18(17)25(30(23,28)29)11-10-22-20(27)14-12-19(26)24(13-14)16-8-6-15(21)7-9-16/h2-9,14H,10-13H2,1H3,(H,22,27)/t14-/m1/s1. The summed E-state index contributed by atoms with van der Waals surface area (Å²) in [5.74, 6) is -1.47. The summed E-state index contributed by atoms with van der Waals surface area (Å²) in [6, 6.07) is 12.5. The number of benzene rings is 2. The number of rotatable bonds is 5. The molecule has 2 aromatic rings. The Bertz CT molecular complexity index is 1090. The molecule has 2 aliphatic heterocycles. The van der Waals surface area contributed by atoms with Crippen LogP contribution in [0.3, 0.4) is 0 Å². The summed E-state index contributed by atoms with van der Waals surface area (Å²) in [5.41, 5.74) is 1.69. The fourth-order valence-electron chi connectivity index (χ4n) is 3.75. The van der Waals surface area contributed by atoms with Crippen LogP contribution in [0.25, 0.3) is 0 Å². The number of nitrogens with zero attached hydrogens (tertiary/aromatic N) is 3. The van der Waals surface area contributed by atoms with E-state index in [2.05, 4.69) is 5.32 Å². The van der Waals surface area contributed by atoms with Crippen molar-refractivity contribution in [3.63, 3.8) is 0 Å². The van der Waals surface area contributed by atoms with Gasteiger partial charge in [-0.05, 0) is 36.4 Å². The molecule has 2 amide bonds. The van der Waals surface area contributed by atoms with Gasteiger partial charge in [0.25, 0.3) is 0 Å². The highest BCUT2D eigenvalue weighted by Gasteiger charge is 2.38. The quantitative estimate of drug-likeness (QED) is 0.775. The second-order valence-electron chi connectivity index (χ2n) is 7.21. The van der Waals surface area contributed by atoms with Gasteiger partial charge in [0.2, 0.25) is 11.8 Å². The number of fused-ring (bicyclic) bond motifs is 1. The highest BCUT2D eigenvalue weighted by molar-refractivity contribution is 7.94. The number of carbonyl (C=O) groups is 2. The van der Waals surface area contributed by atoms with Gasteiger partial charge in [0, 0.05) is 32.2 Å². The zero-order chi connectivity index (χ0) is 21.5. The molecular weight excluding hydrogens is 411 g/mol. The third-order valence-corrected chi connectivity index (χ3v) is 7.19. The monoisotopic (exact) mass is 432 g/mol. The van der Waals surface area contributed by atoms with E-state index >= 15 is 0 Å². The van der Waals surface area contributed by atoms with Crippen LogP contribution in [0.2, 0.25) is 0 Å². The molecule has 8 nitrogen and oxygen atoms in total. The zero-order valence-corrected chi connectivity index (χ0v) is 17.1. The fraction of sp³-hybridized carbons (Fsp3) is 0.300. The minimum absolute atomic E-state index is 0.0524. The van der Waals surface area contributed by atoms with Crippen molar-refractivity contribution in [2.24, 2.45) is 5.92 Å². The summed E-state index contributed by atoms with van der Waals surface area (Å²) < 4.78 is 40.8. The maximum Gasteiger partial charge on any atom is 0.326 e. The Hall–Kier alpha value is -3.14. The van der Waals surface area contributed by atoms with E-state index in [1.54, 1.807) is 24.3 Å². The molecule has 0 bridgehead atoms. The first-order valence-corrected chi connectivity index (χ1v) is 10.9. The molecule has 0 spiro atoms.